The molecule has 0 atom stereocenters. The normalized spacial score (nSPS) is 11.5. The molecule has 0 fully saturated rings. The first-order chi connectivity index (χ1) is 15.0. The van der Waals surface area contributed by atoms with Crippen LogP contribution in [-0.2, 0) is 4.79 Å². The molecule has 0 saturated heterocycles. The van der Waals surface area contributed by atoms with E-state index in [1.165, 1.54) is 16.9 Å². The van der Waals surface area contributed by atoms with Crippen molar-refractivity contribution in [3.05, 3.63) is 64.8 Å². The Morgan fingerprint density at radius 2 is 1.81 bits per heavy atom. The van der Waals surface area contributed by atoms with Crippen molar-refractivity contribution >= 4 is 33.4 Å². The number of anilines is 1. The van der Waals surface area contributed by atoms with Crippen molar-refractivity contribution in [3.8, 4) is 5.69 Å². The third-order valence-electron chi connectivity index (χ3n) is 5.54. The largest absolute Gasteiger partial charge is 0.326 e. The minimum absolute atomic E-state index is 0.00665. The number of aromatic nitrogens is 3. The smallest absolute Gasteiger partial charge is 0.280 e. The van der Waals surface area contributed by atoms with Crippen LogP contribution in [0.5, 0.6) is 0 Å². The zero-order valence-corrected chi connectivity index (χ0v) is 17.6. The molecule has 6 nitrogen and oxygen atoms in total. The molecule has 160 valence electrons. The highest BCUT2D eigenvalue weighted by Crippen LogP contribution is 2.23. The van der Waals surface area contributed by atoms with Gasteiger partial charge in [-0.3, -0.25) is 19.7 Å². The van der Waals surface area contributed by atoms with Gasteiger partial charge in [-0.15, -0.1) is 0 Å². The summed E-state index contributed by atoms with van der Waals surface area (Å²) in [6.45, 7) is 4.16. The van der Waals surface area contributed by atoms with Crippen LogP contribution in [0.15, 0.2) is 53.5 Å². The fraction of sp³-hybridized carbons (Fsp3) is 0.292. The van der Waals surface area contributed by atoms with E-state index in [-0.39, 0.29) is 22.9 Å². The number of fused-ring (bicyclic) bond motifs is 3. The molecule has 31 heavy (non-hydrogen) atoms. The molecule has 2 heterocycles. The average Bonchev–Trinajstić information content (AvgIpc) is 3.11. The van der Waals surface area contributed by atoms with Crippen LogP contribution in [0.4, 0.5) is 10.1 Å². The van der Waals surface area contributed by atoms with Crippen molar-refractivity contribution < 1.29 is 9.18 Å². The fourth-order valence-electron chi connectivity index (χ4n) is 3.98. The number of para-hydroxylation sites is 1. The Balaban J connectivity index is 1.64. The summed E-state index contributed by atoms with van der Waals surface area (Å²) < 4.78 is 15.5. The summed E-state index contributed by atoms with van der Waals surface area (Å²) in [4.78, 5) is 29.6. The van der Waals surface area contributed by atoms with Crippen LogP contribution in [0.2, 0.25) is 0 Å². The lowest BCUT2D eigenvalue weighted by atomic mass is 9.97. The molecule has 0 aliphatic rings. The molecule has 0 unspecified atom stereocenters. The second-order valence-electron chi connectivity index (χ2n) is 7.75. The Morgan fingerprint density at radius 1 is 1.10 bits per heavy atom. The third-order valence-corrected chi connectivity index (χ3v) is 5.54. The van der Waals surface area contributed by atoms with Gasteiger partial charge in [-0.2, -0.15) is 0 Å². The Labute approximate surface area is 179 Å². The number of amides is 1. The highest BCUT2D eigenvalue weighted by Gasteiger charge is 2.17. The van der Waals surface area contributed by atoms with Gasteiger partial charge in [0, 0.05) is 23.2 Å². The van der Waals surface area contributed by atoms with Gasteiger partial charge in [0.2, 0.25) is 5.91 Å². The zero-order chi connectivity index (χ0) is 22.0. The molecule has 0 aliphatic carbocycles. The summed E-state index contributed by atoms with van der Waals surface area (Å²) in [7, 11) is 0. The van der Waals surface area contributed by atoms with E-state index in [2.05, 4.69) is 29.2 Å². The molecule has 0 spiro atoms. The average molecular weight is 420 g/mol. The molecule has 7 heteroatoms. The van der Waals surface area contributed by atoms with E-state index in [1.54, 1.807) is 36.4 Å². The lowest BCUT2D eigenvalue weighted by Crippen LogP contribution is -2.22. The van der Waals surface area contributed by atoms with E-state index in [4.69, 9.17) is 0 Å². The molecule has 2 aromatic carbocycles. The standard InChI is InChI=1S/C24H25FN4O2/c1-3-6-15(7-4-2)23(30)27-16-10-12-17(13-11-16)29-24(31)19-14-26-22-18(21(19)28-29)8-5-9-20(22)25/h5,8-15,28H,3-4,6-7H2,1-2H3,(H,27,30). The van der Waals surface area contributed by atoms with Crippen LogP contribution >= 0.6 is 0 Å². The summed E-state index contributed by atoms with van der Waals surface area (Å²) >= 11 is 0. The van der Waals surface area contributed by atoms with Crippen molar-refractivity contribution in [2.75, 3.05) is 5.32 Å². The number of aromatic amines is 1. The Morgan fingerprint density at radius 3 is 2.48 bits per heavy atom. The lowest BCUT2D eigenvalue weighted by Gasteiger charge is -2.15. The van der Waals surface area contributed by atoms with E-state index < -0.39 is 5.82 Å². The summed E-state index contributed by atoms with van der Waals surface area (Å²) in [5.41, 5.74) is 1.78. The number of hydrogen-bond acceptors (Lipinski definition) is 3. The molecule has 0 bridgehead atoms. The maximum absolute atomic E-state index is 14.1. The minimum Gasteiger partial charge on any atom is -0.326 e. The summed E-state index contributed by atoms with van der Waals surface area (Å²) in [6, 6.07) is 11.7. The van der Waals surface area contributed by atoms with Crippen molar-refractivity contribution in [2.45, 2.75) is 39.5 Å². The van der Waals surface area contributed by atoms with Crippen LogP contribution in [0.1, 0.15) is 39.5 Å². The summed E-state index contributed by atoms with van der Waals surface area (Å²) in [6.07, 6.45) is 5.06. The Hall–Kier alpha value is -3.48. The predicted molar refractivity (Wildman–Crippen MR) is 121 cm³/mol. The second kappa shape index (κ2) is 8.71. The second-order valence-corrected chi connectivity index (χ2v) is 7.75. The number of carbonyl (C=O) groups excluding carboxylic acids is 1. The number of hydrogen-bond donors (Lipinski definition) is 2. The number of carbonyl (C=O) groups is 1. The molecule has 2 aromatic heterocycles. The van der Waals surface area contributed by atoms with Gasteiger partial charge in [-0.1, -0.05) is 38.8 Å². The Kier molecular flexibility index (Phi) is 5.84. The summed E-state index contributed by atoms with van der Waals surface area (Å²) in [5, 5.41) is 6.98. The van der Waals surface area contributed by atoms with Crippen LogP contribution in [0, 0.1) is 11.7 Å². The monoisotopic (exact) mass is 420 g/mol. The van der Waals surface area contributed by atoms with Crippen LogP contribution in [0.3, 0.4) is 0 Å². The summed E-state index contributed by atoms with van der Waals surface area (Å²) in [5.74, 6) is -0.400. The fourth-order valence-corrected chi connectivity index (χ4v) is 3.98. The first kappa shape index (κ1) is 20.8. The highest BCUT2D eigenvalue weighted by atomic mass is 19.1. The van der Waals surface area contributed by atoms with Gasteiger partial charge in [0.25, 0.3) is 5.56 Å². The number of benzene rings is 2. The van der Waals surface area contributed by atoms with Crippen LogP contribution in [0.25, 0.3) is 27.5 Å². The van der Waals surface area contributed by atoms with Gasteiger partial charge in [0.1, 0.15) is 11.3 Å². The van der Waals surface area contributed by atoms with Gasteiger partial charge in [-0.05, 0) is 43.2 Å². The van der Waals surface area contributed by atoms with Gasteiger partial charge in [0.15, 0.2) is 0 Å². The van der Waals surface area contributed by atoms with E-state index >= 15 is 0 Å². The first-order valence-electron chi connectivity index (χ1n) is 10.6. The van der Waals surface area contributed by atoms with Crippen LogP contribution in [-0.4, -0.2) is 20.7 Å². The number of halogens is 1. The topological polar surface area (TPSA) is 79.8 Å². The van der Waals surface area contributed by atoms with Crippen molar-refractivity contribution in [1.29, 1.82) is 0 Å². The SMILES string of the molecule is CCCC(CCC)C(=O)Nc1ccc(-n2[nH]c3c(cnc4c(F)cccc43)c2=O)cc1. The van der Waals surface area contributed by atoms with Crippen molar-refractivity contribution in [1.82, 2.24) is 14.8 Å². The molecule has 1 amide bonds. The molecular weight excluding hydrogens is 395 g/mol. The number of pyridine rings is 1. The molecule has 4 rings (SSSR count). The maximum Gasteiger partial charge on any atom is 0.280 e. The lowest BCUT2D eigenvalue weighted by molar-refractivity contribution is -0.120. The van der Waals surface area contributed by atoms with Crippen LogP contribution < -0.4 is 10.9 Å². The predicted octanol–water partition coefficient (Wildman–Crippen LogP) is 5.16. The van der Waals surface area contributed by atoms with Gasteiger partial charge in [-0.25, -0.2) is 9.07 Å². The Bertz CT molecular complexity index is 1280. The zero-order valence-electron chi connectivity index (χ0n) is 17.6. The number of rotatable bonds is 7. The quantitative estimate of drug-likeness (QED) is 0.433. The number of nitrogens with one attached hydrogen (secondary N) is 2. The van der Waals surface area contributed by atoms with E-state index in [9.17, 15) is 14.0 Å². The van der Waals surface area contributed by atoms with Crippen molar-refractivity contribution in [2.24, 2.45) is 5.92 Å². The number of H-pyrrole nitrogens is 1. The van der Waals surface area contributed by atoms with Gasteiger partial charge < -0.3 is 5.32 Å². The molecule has 2 N–H and O–H groups in total. The molecule has 0 aliphatic heterocycles. The number of nitrogens with zero attached hydrogens (tertiary/aromatic N) is 2. The minimum atomic E-state index is -0.433. The molecule has 0 saturated carbocycles. The van der Waals surface area contributed by atoms with E-state index in [1.807, 2.05) is 0 Å². The molecule has 0 radical (unpaired) electrons. The molecular formula is C24H25FN4O2. The third kappa shape index (κ3) is 3.95. The first-order valence-corrected chi connectivity index (χ1v) is 10.6. The van der Waals surface area contributed by atoms with Gasteiger partial charge in [0.05, 0.1) is 16.6 Å². The maximum atomic E-state index is 14.1. The van der Waals surface area contributed by atoms with Crippen molar-refractivity contribution in [3.63, 3.8) is 0 Å². The highest BCUT2D eigenvalue weighted by molar-refractivity contribution is 6.02. The van der Waals surface area contributed by atoms with Gasteiger partial charge >= 0.3 is 0 Å². The molecule has 4 aromatic rings. The van der Waals surface area contributed by atoms with E-state index in [0.717, 1.165) is 25.7 Å². The van der Waals surface area contributed by atoms with E-state index in [0.29, 0.717) is 27.7 Å².